The molecule has 2 N–H and O–H groups in total. The number of hydrogen-bond acceptors (Lipinski definition) is 6. The van der Waals surface area contributed by atoms with E-state index in [1.807, 2.05) is 0 Å². The Labute approximate surface area is 133 Å². The number of carbonyl (C=O) groups is 2. The van der Waals surface area contributed by atoms with E-state index in [2.05, 4.69) is 0 Å². The molecule has 0 fully saturated rings. The van der Waals surface area contributed by atoms with Crippen LogP contribution in [0.25, 0.3) is 0 Å². The van der Waals surface area contributed by atoms with Crippen LogP contribution in [0.15, 0.2) is 41.5 Å². The number of rotatable bonds is 6. The van der Waals surface area contributed by atoms with Crippen LogP contribution in [0.1, 0.15) is 25.3 Å². The molecular weight excluding hydrogens is 300 g/mol. The predicted octanol–water partition coefficient (Wildman–Crippen LogP) is 2.31. The second-order valence-electron chi connectivity index (χ2n) is 5.24. The minimum Gasteiger partial charge on any atom is -0.508 e. The molecule has 0 spiro atoms. The second-order valence-corrected chi connectivity index (χ2v) is 5.24. The fraction of sp³-hybridized carbons (Fsp3) is 0.294. The molecule has 1 unspecified atom stereocenters. The molecule has 1 atom stereocenters. The maximum Gasteiger partial charge on any atom is 0.336 e. The number of allylic oxidation sites excluding steroid dienone is 2. The van der Waals surface area contributed by atoms with Gasteiger partial charge in [-0.1, -0.05) is 6.08 Å². The molecule has 1 heterocycles. The lowest BCUT2D eigenvalue weighted by Crippen LogP contribution is -2.27. The van der Waals surface area contributed by atoms with Gasteiger partial charge in [-0.15, -0.1) is 0 Å². The van der Waals surface area contributed by atoms with Crippen LogP contribution in [-0.2, 0) is 24.8 Å². The summed E-state index contributed by atoms with van der Waals surface area (Å²) in [6.07, 6.45) is 4.81. The van der Waals surface area contributed by atoms with Gasteiger partial charge in [0, 0.05) is 18.8 Å². The fourth-order valence-electron chi connectivity index (χ4n) is 2.35. The first kappa shape index (κ1) is 16.8. The molecule has 2 rings (SSSR count). The maximum absolute atomic E-state index is 12.1. The lowest BCUT2D eigenvalue weighted by molar-refractivity contribution is -0.193. The van der Waals surface area contributed by atoms with Crippen molar-refractivity contribution in [3.8, 4) is 11.5 Å². The smallest absolute Gasteiger partial charge is 0.336 e. The molecule has 0 amide bonds. The van der Waals surface area contributed by atoms with Gasteiger partial charge in [0.15, 0.2) is 0 Å². The van der Waals surface area contributed by atoms with Crippen LogP contribution in [0.5, 0.6) is 11.5 Å². The molecular formula is C17H18O6. The summed E-state index contributed by atoms with van der Waals surface area (Å²) >= 11 is 0. The highest BCUT2D eigenvalue weighted by Crippen LogP contribution is 2.42. The van der Waals surface area contributed by atoms with Crippen molar-refractivity contribution >= 4 is 12.3 Å². The number of carbonyl (C=O) groups excluding carboxylic acids is 2. The van der Waals surface area contributed by atoms with Crippen LogP contribution < -0.4 is 0 Å². The highest BCUT2D eigenvalue weighted by molar-refractivity contribution is 5.91. The maximum atomic E-state index is 12.1. The zero-order valence-corrected chi connectivity index (χ0v) is 12.9. The Hall–Kier alpha value is -2.60. The minimum atomic E-state index is -1.57. The van der Waals surface area contributed by atoms with E-state index in [0.29, 0.717) is 24.0 Å². The van der Waals surface area contributed by atoms with Gasteiger partial charge >= 0.3 is 5.97 Å². The van der Waals surface area contributed by atoms with Crippen LogP contribution in [0, 0.1) is 0 Å². The van der Waals surface area contributed by atoms with E-state index in [-0.39, 0.29) is 17.1 Å². The van der Waals surface area contributed by atoms with E-state index in [4.69, 9.17) is 9.47 Å². The van der Waals surface area contributed by atoms with Gasteiger partial charge in [-0.25, -0.2) is 4.79 Å². The Morgan fingerprint density at radius 1 is 1.39 bits per heavy atom. The molecule has 23 heavy (non-hydrogen) atoms. The summed E-state index contributed by atoms with van der Waals surface area (Å²) in [5.41, 5.74) is 1.10. The van der Waals surface area contributed by atoms with Crippen molar-refractivity contribution in [1.82, 2.24) is 0 Å². The molecule has 0 radical (unpaired) electrons. The lowest BCUT2D eigenvalue weighted by Gasteiger charge is -2.25. The standard InChI is InChI=1S/C17H18O6/c1-11(10-18)4-3-5-12-9-17(22-2,23-16(12)21)14-8-13(19)6-7-15(14)20/h4,6-10,19-20H,3,5H2,1-2H3. The first-order valence-electron chi connectivity index (χ1n) is 7.06. The Kier molecular flexibility index (Phi) is 4.86. The predicted molar refractivity (Wildman–Crippen MR) is 81.7 cm³/mol. The van der Waals surface area contributed by atoms with E-state index in [1.54, 1.807) is 13.0 Å². The third kappa shape index (κ3) is 3.43. The van der Waals surface area contributed by atoms with Crippen molar-refractivity contribution in [2.45, 2.75) is 25.6 Å². The summed E-state index contributed by atoms with van der Waals surface area (Å²) in [5.74, 6) is -2.38. The van der Waals surface area contributed by atoms with Crippen molar-refractivity contribution in [3.63, 3.8) is 0 Å². The van der Waals surface area contributed by atoms with E-state index < -0.39 is 11.8 Å². The highest BCUT2D eigenvalue weighted by Gasteiger charge is 2.43. The average molecular weight is 318 g/mol. The van der Waals surface area contributed by atoms with Crippen molar-refractivity contribution in [2.24, 2.45) is 0 Å². The summed E-state index contributed by atoms with van der Waals surface area (Å²) in [6, 6.07) is 3.89. The van der Waals surface area contributed by atoms with Crippen molar-refractivity contribution in [2.75, 3.05) is 7.11 Å². The second kappa shape index (κ2) is 6.66. The number of ether oxygens (including phenoxy) is 2. The number of esters is 1. The van der Waals surface area contributed by atoms with Crippen molar-refractivity contribution in [1.29, 1.82) is 0 Å². The molecule has 1 aliphatic heterocycles. The fourth-order valence-corrected chi connectivity index (χ4v) is 2.35. The Morgan fingerprint density at radius 3 is 2.78 bits per heavy atom. The summed E-state index contributed by atoms with van der Waals surface area (Å²) in [6.45, 7) is 1.68. The Morgan fingerprint density at radius 2 is 2.13 bits per heavy atom. The van der Waals surface area contributed by atoms with E-state index in [9.17, 15) is 19.8 Å². The van der Waals surface area contributed by atoms with Crippen LogP contribution in [-0.4, -0.2) is 29.6 Å². The number of phenolic OH excluding ortho intramolecular Hbond substituents is 2. The van der Waals surface area contributed by atoms with Gasteiger partial charge in [-0.05, 0) is 43.5 Å². The van der Waals surface area contributed by atoms with Crippen LogP contribution in [0.3, 0.4) is 0 Å². The number of aromatic hydroxyl groups is 2. The van der Waals surface area contributed by atoms with Gasteiger partial charge in [0.05, 0.1) is 5.56 Å². The molecule has 1 aromatic rings. The zero-order valence-electron chi connectivity index (χ0n) is 12.9. The summed E-state index contributed by atoms with van der Waals surface area (Å²) in [4.78, 5) is 22.6. The van der Waals surface area contributed by atoms with Crippen molar-refractivity contribution < 1.29 is 29.3 Å². The molecule has 6 heteroatoms. The molecule has 122 valence electrons. The summed E-state index contributed by atoms with van der Waals surface area (Å²) in [5, 5.41) is 19.6. The van der Waals surface area contributed by atoms with Gasteiger partial charge in [0.2, 0.25) is 0 Å². The number of cyclic esters (lactones) is 1. The Balaban J connectivity index is 2.31. The first-order chi connectivity index (χ1) is 10.9. The van der Waals surface area contributed by atoms with Gasteiger partial charge in [0.25, 0.3) is 5.79 Å². The minimum absolute atomic E-state index is 0.0864. The number of methoxy groups -OCH3 is 1. The topological polar surface area (TPSA) is 93.1 Å². The SMILES string of the molecule is COC1(c2cc(O)ccc2O)C=C(CCC=C(C)C=O)C(=O)O1. The quantitative estimate of drug-likeness (QED) is 0.362. The van der Waals surface area contributed by atoms with Gasteiger partial charge in [-0.2, -0.15) is 0 Å². The third-order valence-electron chi connectivity index (χ3n) is 3.60. The molecule has 0 aliphatic carbocycles. The average Bonchev–Trinajstić information content (AvgIpc) is 2.87. The van der Waals surface area contributed by atoms with Crippen LogP contribution >= 0.6 is 0 Å². The van der Waals surface area contributed by atoms with E-state index in [0.717, 1.165) is 6.29 Å². The van der Waals surface area contributed by atoms with Gasteiger partial charge in [-0.3, -0.25) is 4.79 Å². The van der Waals surface area contributed by atoms with Gasteiger partial charge < -0.3 is 19.7 Å². The zero-order chi connectivity index (χ0) is 17.0. The first-order valence-corrected chi connectivity index (χ1v) is 7.06. The number of benzene rings is 1. The molecule has 1 aromatic carbocycles. The lowest BCUT2D eigenvalue weighted by atomic mass is 10.0. The Bertz CT molecular complexity index is 688. The molecule has 0 saturated heterocycles. The van der Waals surface area contributed by atoms with Crippen molar-refractivity contribution in [3.05, 3.63) is 47.1 Å². The molecule has 0 aromatic heterocycles. The number of phenols is 2. The molecule has 0 bridgehead atoms. The van der Waals surface area contributed by atoms with E-state index >= 15 is 0 Å². The molecule has 6 nitrogen and oxygen atoms in total. The van der Waals surface area contributed by atoms with E-state index in [1.165, 1.54) is 31.4 Å². The summed E-state index contributed by atoms with van der Waals surface area (Å²) in [7, 11) is 1.34. The number of hydrogen-bond donors (Lipinski definition) is 2. The largest absolute Gasteiger partial charge is 0.508 e. The summed E-state index contributed by atoms with van der Waals surface area (Å²) < 4.78 is 10.6. The molecule has 0 saturated carbocycles. The van der Waals surface area contributed by atoms with Gasteiger partial charge in [0.1, 0.15) is 17.8 Å². The highest BCUT2D eigenvalue weighted by atomic mass is 16.7. The molecule has 1 aliphatic rings. The monoisotopic (exact) mass is 318 g/mol. The third-order valence-corrected chi connectivity index (χ3v) is 3.60. The number of aldehydes is 1. The normalized spacial score (nSPS) is 21.0. The van der Waals surface area contributed by atoms with Crippen LogP contribution in [0.2, 0.25) is 0 Å². The van der Waals surface area contributed by atoms with Crippen LogP contribution in [0.4, 0.5) is 0 Å².